The smallest absolute Gasteiger partial charge is 0.339 e. The van der Waals surface area contributed by atoms with Crippen molar-refractivity contribution in [2.45, 2.75) is 19.8 Å². The minimum atomic E-state index is -1.31. The van der Waals surface area contributed by atoms with Crippen LogP contribution in [-0.2, 0) is 6.42 Å². The Kier molecular flexibility index (Phi) is 3.78. The molecular formula is C13H11F3N2O2. The predicted molar refractivity (Wildman–Crippen MR) is 64.4 cm³/mol. The van der Waals surface area contributed by atoms with Crippen molar-refractivity contribution in [3.63, 3.8) is 0 Å². The minimum absolute atomic E-state index is 0.0871. The fourth-order valence-electron chi connectivity index (χ4n) is 1.91. The second-order valence-electron chi connectivity index (χ2n) is 4.19. The summed E-state index contributed by atoms with van der Waals surface area (Å²) in [5, 5.41) is 12.8. The molecule has 2 rings (SSSR count). The van der Waals surface area contributed by atoms with E-state index in [2.05, 4.69) is 5.10 Å². The molecule has 4 nitrogen and oxygen atoms in total. The van der Waals surface area contributed by atoms with Gasteiger partial charge in [0.15, 0.2) is 17.5 Å². The Labute approximate surface area is 112 Å². The highest BCUT2D eigenvalue weighted by molar-refractivity contribution is 5.88. The zero-order valence-corrected chi connectivity index (χ0v) is 10.5. The summed E-state index contributed by atoms with van der Waals surface area (Å²) >= 11 is 0. The highest BCUT2D eigenvalue weighted by atomic mass is 19.2. The number of rotatable bonds is 4. The quantitative estimate of drug-likeness (QED) is 0.878. The fraction of sp³-hybridized carbons (Fsp3) is 0.231. The molecule has 0 bridgehead atoms. The Hall–Kier alpha value is -2.31. The number of hydrogen-bond acceptors (Lipinski definition) is 2. The van der Waals surface area contributed by atoms with E-state index in [1.54, 1.807) is 0 Å². The molecule has 7 heteroatoms. The molecule has 0 saturated heterocycles. The molecule has 1 heterocycles. The van der Waals surface area contributed by atoms with E-state index in [4.69, 9.17) is 5.11 Å². The Morgan fingerprint density at radius 2 is 1.90 bits per heavy atom. The molecule has 0 saturated carbocycles. The van der Waals surface area contributed by atoms with Crippen LogP contribution in [0.1, 0.15) is 29.4 Å². The molecule has 1 aromatic carbocycles. The summed E-state index contributed by atoms with van der Waals surface area (Å²) in [4.78, 5) is 11.1. The van der Waals surface area contributed by atoms with Crippen LogP contribution in [0.3, 0.4) is 0 Å². The SMILES string of the molecule is CCCc1c(C(=O)O)cnn1-c1cc(F)c(F)cc1F. The molecule has 0 amide bonds. The Morgan fingerprint density at radius 1 is 1.25 bits per heavy atom. The fourth-order valence-corrected chi connectivity index (χ4v) is 1.91. The zero-order valence-electron chi connectivity index (χ0n) is 10.5. The number of nitrogens with zero attached hydrogens (tertiary/aromatic N) is 2. The van der Waals surface area contributed by atoms with Gasteiger partial charge in [0, 0.05) is 12.1 Å². The normalized spacial score (nSPS) is 10.8. The molecule has 0 fully saturated rings. The van der Waals surface area contributed by atoms with Gasteiger partial charge in [-0.05, 0) is 6.42 Å². The van der Waals surface area contributed by atoms with Crippen LogP contribution in [-0.4, -0.2) is 20.9 Å². The lowest BCUT2D eigenvalue weighted by Crippen LogP contribution is -2.09. The Morgan fingerprint density at radius 3 is 2.50 bits per heavy atom. The van der Waals surface area contributed by atoms with Gasteiger partial charge in [-0.1, -0.05) is 13.3 Å². The van der Waals surface area contributed by atoms with Crippen molar-refractivity contribution in [2.75, 3.05) is 0 Å². The lowest BCUT2D eigenvalue weighted by molar-refractivity contribution is 0.0695. The minimum Gasteiger partial charge on any atom is -0.478 e. The summed E-state index contributed by atoms with van der Waals surface area (Å²) in [6.07, 6.45) is 1.98. The van der Waals surface area contributed by atoms with Crippen molar-refractivity contribution < 1.29 is 23.1 Å². The third kappa shape index (κ3) is 2.38. The lowest BCUT2D eigenvalue weighted by Gasteiger charge is -2.09. The first-order chi connectivity index (χ1) is 9.45. The van der Waals surface area contributed by atoms with Crippen LogP contribution in [0.4, 0.5) is 13.2 Å². The molecule has 20 heavy (non-hydrogen) atoms. The number of carbonyl (C=O) groups is 1. The van der Waals surface area contributed by atoms with Crippen molar-refractivity contribution >= 4 is 5.97 Å². The highest BCUT2D eigenvalue weighted by Gasteiger charge is 2.20. The first kappa shape index (κ1) is 14.1. The van der Waals surface area contributed by atoms with Crippen molar-refractivity contribution in [2.24, 2.45) is 0 Å². The third-order valence-electron chi connectivity index (χ3n) is 2.80. The van der Waals surface area contributed by atoms with E-state index in [1.165, 1.54) is 0 Å². The van der Waals surface area contributed by atoms with Gasteiger partial charge >= 0.3 is 5.97 Å². The van der Waals surface area contributed by atoms with E-state index in [0.29, 0.717) is 25.0 Å². The van der Waals surface area contributed by atoms with Crippen LogP contribution >= 0.6 is 0 Å². The summed E-state index contributed by atoms with van der Waals surface area (Å²) in [6.45, 7) is 1.81. The maximum atomic E-state index is 13.7. The molecule has 106 valence electrons. The first-order valence-electron chi connectivity index (χ1n) is 5.90. The number of aromatic carboxylic acids is 1. The standard InChI is InChI=1S/C13H11F3N2O2/c1-2-3-11-7(13(19)20)6-17-18(11)12-5-9(15)8(14)4-10(12)16/h4-6H,2-3H2,1H3,(H,19,20). The summed E-state index contributed by atoms with van der Waals surface area (Å²) < 4.78 is 40.9. The molecule has 0 aliphatic heterocycles. The molecule has 0 radical (unpaired) electrons. The number of carboxylic acid groups (broad SMARTS) is 1. The maximum Gasteiger partial charge on any atom is 0.339 e. The van der Waals surface area contributed by atoms with Gasteiger partial charge in [-0.2, -0.15) is 5.10 Å². The van der Waals surface area contributed by atoms with Gasteiger partial charge in [0.05, 0.1) is 11.9 Å². The van der Waals surface area contributed by atoms with Crippen molar-refractivity contribution in [1.82, 2.24) is 9.78 Å². The van der Waals surface area contributed by atoms with Gasteiger partial charge in [-0.25, -0.2) is 22.6 Å². The van der Waals surface area contributed by atoms with E-state index in [1.807, 2.05) is 6.92 Å². The predicted octanol–water partition coefficient (Wildman–Crippen LogP) is 2.94. The van der Waals surface area contributed by atoms with Crippen LogP contribution in [0.2, 0.25) is 0 Å². The van der Waals surface area contributed by atoms with Crippen molar-refractivity contribution in [3.05, 3.63) is 47.0 Å². The van der Waals surface area contributed by atoms with Gasteiger partial charge < -0.3 is 5.11 Å². The molecule has 0 aliphatic carbocycles. The molecule has 0 spiro atoms. The van der Waals surface area contributed by atoms with Crippen LogP contribution in [0.25, 0.3) is 5.69 Å². The summed E-state index contributed by atoms with van der Waals surface area (Å²) in [5.41, 5.74) is -0.166. The van der Waals surface area contributed by atoms with E-state index >= 15 is 0 Å². The lowest BCUT2D eigenvalue weighted by atomic mass is 10.1. The van der Waals surface area contributed by atoms with Gasteiger partial charge in [0.2, 0.25) is 0 Å². The van der Waals surface area contributed by atoms with Gasteiger partial charge in [0.1, 0.15) is 11.3 Å². The van der Waals surface area contributed by atoms with E-state index in [-0.39, 0.29) is 16.9 Å². The van der Waals surface area contributed by atoms with Crippen molar-refractivity contribution in [1.29, 1.82) is 0 Å². The van der Waals surface area contributed by atoms with E-state index < -0.39 is 23.4 Å². The zero-order chi connectivity index (χ0) is 14.9. The van der Waals surface area contributed by atoms with E-state index in [0.717, 1.165) is 10.9 Å². The number of benzene rings is 1. The van der Waals surface area contributed by atoms with Crippen LogP contribution in [0, 0.1) is 17.5 Å². The van der Waals surface area contributed by atoms with Crippen LogP contribution < -0.4 is 0 Å². The maximum absolute atomic E-state index is 13.7. The van der Waals surface area contributed by atoms with E-state index in [9.17, 15) is 18.0 Å². The summed E-state index contributed by atoms with van der Waals surface area (Å²) in [6, 6.07) is 1.06. The number of aromatic nitrogens is 2. The van der Waals surface area contributed by atoms with Crippen LogP contribution in [0.5, 0.6) is 0 Å². The average molecular weight is 284 g/mol. The number of carboxylic acids is 1. The molecule has 0 atom stereocenters. The largest absolute Gasteiger partial charge is 0.478 e. The Balaban J connectivity index is 2.63. The van der Waals surface area contributed by atoms with Gasteiger partial charge in [-0.15, -0.1) is 0 Å². The summed E-state index contributed by atoms with van der Waals surface area (Å²) in [7, 11) is 0. The monoisotopic (exact) mass is 284 g/mol. The first-order valence-corrected chi connectivity index (χ1v) is 5.90. The molecule has 0 unspecified atom stereocenters. The number of halogens is 3. The Bertz CT molecular complexity index is 668. The molecule has 2 aromatic rings. The molecular weight excluding hydrogens is 273 g/mol. The second-order valence-corrected chi connectivity index (χ2v) is 4.19. The average Bonchev–Trinajstić information content (AvgIpc) is 2.78. The van der Waals surface area contributed by atoms with Gasteiger partial charge in [-0.3, -0.25) is 0 Å². The number of hydrogen-bond donors (Lipinski definition) is 1. The topological polar surface area (TPSA) is 55.1 Å². The van der Waals surface area contributed by atoms with Crippen molar-refractivity contribution in [3.8, 4) is 5.69 Å². The molecule has 1 N–H and O–H groups in total. The molecule has 1 aromatic heterocycles. The highest BCUT2D eigenvalue weighted by Crippen LogP contribution is 2.21. The third-order valence-corrected chi connectivity index (χ3v) is 2.80. The summed E-state index contributed by atoms with van der Waals surface area (Å²) in [5.74, 6) is -4.76. The second kappa shape index (κ2) is 5.36. The van der Waals surface area contributed by atoms with Gasteiger partial charge in [0.25, 0.3) is 0 Å². The van der Waals surface area contributed by atoms with Crippen LogP contribution in [0.15, 0.2) is 18.3 Å². The molecule has 0 aliphatic rings.